The van der Waals surface area contributed by atoms with Crippen LogP contribution in [0.15, 0.2) is 219 Å². The summed E-state index contributed by atoms with van der Waals surface area (Å²) >= 11 is 0. The molecule has 556 valence electrons. The number of carbonyl (C=O) groups excluding carboxylic acids is 8. The van der Waals surface area contributed by atoms with Crippen LogP contribution in [0.25, 0.3) is 44.5 Å². The minimum absolute atomic E-state index is 0.000764. The molecular weight excluding hydrogens is 1380 g/mol. The van der Waals surface area contributed by atoms with Gasteiger partial charge < -0.3 is 67.5 Å². The van der Waals surface area contributed by atoms with Crippen molar-refractivity contribution in [1.82, 2.24) is 10.6 Å². The zero-order chi connectivity index (χ0) is 76.2. The number of rotatable bonds is 34. The standard InChI is InChI=1S/C44H43NO10.C42H39NO10/c1-28(2)41(47)53-20-9-14-40(46)52-24-22-50-30-15-17-38-34(26-30)35-27-31(51-23-25-55-43(49)45-19-21-54-42(48)29(3)4)16-18-39(35)44(38)36-12-7-5-10-32(36)33-11-6-8-13-37(33)44;1-3-38(44)50-20-9-14-40(46)52-24-22-48-28-15-17-36-32(26-28)33-27-29(49-23-25-53-41(47)43-19-21-51-39(45)4-2)16-18-37(33)42(36)34-12-7-5-10-30(34)31-11-6-8-13-35(31)42/h5-8,10-13,15-18,26-27H,1,3,9,14,19-25H2,2,4H3,(H,45,49);3-8,10-13,15-18,26-27H,1-2,9,14,19-25H2,(H,43,47). The average Bonchev–Trinajstić information content (AvgIpc) is 1.52. The largest absolute Gasteiger partial charge is 0.490 e. The first-order valence-corrected chi connectivity index (χ1v) is 35.3. The third kappa shape index (κ3) is 17.1. The van der Waals surface area contributed by atoms with E-state index in [1.54, 1.807) is 13.8 Å². The lowest BCUT2D eigenvalue weighted by molar-refractivity contribution is -0.146. The van der Waals surface area contributed by atoms with Crippen LogP contribution in [0.4, 0.5) is 9.59 Å². The van der Waals surface area contributed by atoms with E-state index in [1.807, 2.05) is 48.5 Å². The number of alkyl carbamates (subject to hydrolysis) is 2. The summed E-state index contributed by atoms with van der Waals surface area (Å²) in [6.07, 6.45) is 1.75. The van der Waals surface area contributed by atoms with Gasteiger partial charge in [0, 0.05) is 36.1 Å². The average molecular weight is 1460 g/mol. The first-order chi connectivity index (χ1) is 52.5. The highest BCUT2D eigenvalue weighted by Gasteiger charge is 2.53. The van der Waals surface area contributed by atoms with Gasteiger partial charge in [0.1, 0.15) is 89.1 Å². The van der Waals surface area contributed by atoms with Crippen LogP contribution >= 0.6 is 0 Å². The lowest BCUT2D eigenvalue weighted by Crippen LogP contribution is -2.29. The fourth-order valence-electron chi connectivity index (χ4n) is 13.8. The van der Waals surface area contributed by atoms with Crippen LogP contribution in [0, 0.1) is 0 Å². The number of carbonyl (C=O) groups is 8. The van der Waals surface area contributed by atoms with Gasteiger partial charge in [0.25, 0.3) is 0 Å². The molecule has 0 atom stereocenters. The summed E-state index contributed by atoms with van der Waals surface area (Å²) in [7, 11) is 0. The fourth-order valence-corrected chi connectivity index (χ4v) is 13.8. The minimum atomic E-state index is -0.652. The first kappa shape index (κ1) is 76.4. The third-order valence-electron chi connectivity index (χ3n) is 18.2. The van der Waals surface area contributed by atoms with Gasteiger partial charge in [0.05, 0.1) is 37.1 Å². The van der Waals surface area contributed by atoms with Gasteiger partial charge in [-0.2, -0.15) is 0 Å². The molecule has 0 saturated heterocycles. The van der Waals surface area contributed by atoms with Gasteiger partial charge in [-0.25, -0.2) is 28.8 Å². The smallest absolute Gasteiger partial charge is 0.407 e. The summed E-state index contributed by atoms with van der Waals surface area (Å²) in [5, 5.41) is 5.04. The summed E-state index contributed by atoms with van der Waals surface area (Å²) in [6.45, 7) is 17.9. The van der Waals surface area contributed by atoms with Crippen LogP contribution < -0.4 is 29.6 Å². The number of benzene rings is 8. The topological polar surface area (TPSA) is 271 Å². The molecule has 0 radical (unpaired) electrons. The molecule has 0 heterocycles. The zero-order valence-electron chi connectivity index (χ0n) is 60.0. The fraction of sp³-hybridized carbons (Fsp3) is 0.256. The molecule has 0 bridgehead atoms. The Labute approximate surface area is 625 Å². The SMILES string of the molecule is C=C(C)C(=O)OCCCC(=O)OCCOc1ccc2c(c1)-c1cc(OCCOC(=O)NCCOC(=O)C(=C)C)ccc1C21c2ccccc2-c2ccccc21.C=CC(=O)OCCCC(=O)OCCOc1ccc2c(c1)-c1cc(OCCOC(=O)NCCOC(=O)C=C)ccc1C21c2ccccc2-c2ccccc21. The lowest BCUT2D eigenvalue weighted by atomic mass is 9.70. The molecule has 0 unspecified atom stereocenters. The second-order valence-corrected chi connectivity index (χ2v) is 25.3. The highest BCUT2D eigenvalue weighted by molar-refractivity contribution is 5.98. The van der Waals surface area contributed by atoms with E-state index < -0.39 is 58.8 Å². The van der Waals surface area contributed by atoms with Gasteiger partial charge in [-0.15, -0.1) is 0 Å². The number of nitrogens with one attached hydrogen (secondary N) is 2. The zero-order valence-corrected chi connectivity index (χ0v) is 60.0. The predicted octanol–water partition coefficient (Wildman–Crippen LogP) is 13.4. The molecule has 12 rings (SSSR count). The monoisotopic (exact) mass is 1460 g/mol. The van der Waals surface area contributed by atoms with E-state index in [0.29, 0.717) is 41.4 Å². The molecule has 8 aromatic carbocycles. The van der Waals surface area contributed by atoms with Crippen LogP contribution in [-0.2, 0) is 77.5 Å². The quantitative estimate of drug-likeness (QED) is 0.0164. The molecule has 2 N–H and O–H groups in total. The van der Waals surface area contributed by atoms with Gasteiger partial charge in [-0.3, -0.25) is 9.59 Å². The van der Waals surface area contributed by atoms with Crippen LogP contribution in [0.1, 0.15) is 84.0 Å². The Morgan fingerprint density at radius 2 is 0.602 bits per heavy atom. The Hall–Kier alpha value is -12.7. The summed E-state index contributed by atoms with van der Waals surface area (Å²) in [5.41, 5.74) is 17.3. The number of esters is 6. The van der Waals surface area contributed by atoms with E-state index in [-0.39, 0.29) is 111 Å². The van der Waals surface area contributed by atoms with Crippen molar-refractivity contribution >= 4 is 48.0 Å². The van der Waals surface area contributed by atoms with Gasteiger partial charge in [0.15, 0.2) is 0 Å². The van der Waals surface area contributed by atoms with Crippen molar-refractivity contribution < 1.29 is 95.2 Å². The van der Waals surface area contributed by atoms with Crippen molar-refractivity contribution in [3.8, 4) is 67.5 Å². The highest BCUT2D eigenvalue weighted by atomic mass is 16.6. The molecule has 108 heavy (non-hydrogen) atoms. The van der Waals surface area contributed by atoms with E-state index in [4.69, 9.17) is 56.8 Å². The Morgan fingerprint density at radius 1 is 0.324 bits per heavy atom. The van der Waals surface area contributed by atoms with Gasteiger partial charge in [0.2, 0.25) is 0 Å². The van der Waals surface area contributed by atoms with Crippen molar-refractivity contribution in [2.24, 2.45) is 0 Å². The number of amides is 2. The van der Waals surface area contributed by atoms with Crippen molar-refractivity contribution in [3.05, 3.63) is 264 Å². The molecule has 0 saturated carbocycles. The molecule has 22 nitrogen and oxygen atoms in total. The molecular formula is C86H82N2O20. The molecule has 0 aromatic heterocycles. The van der Waals surface area contributed by atoms with Crippen LogP contribution in [0.3, 0.4) is 0 Å². The van der Waals surface area contributed by atoms with Crippen molar-refractivity contribution in [2.45, 2.75) is 50.4 Å². The number of hydrogen-bond acceptors (Lipinski definition) is 20. The normalized spacial score (nSPS) is 12.3. The number of ether oxygens (including phenoxy) is 12. The van der Waals surface area contributed by atoms with E-state index >= 15 is 0 Å². The molecule has 4 aliphatic carbocycles. The molecule has 8 aromatic rings. The van der Waals surface area contributed by atoms with Crippen molar-refractivity contribution in [2.75, 3.05) is 92.4 Å². The maximum Gasteiger partial charge on any atom is 0.407 e. The molecule has 0 aliphatic heterocycles. The van der Waals surface area contributed by atoms with Crippen molar-refractivity contribution in [3.63, 3.8) is 0 Å². The van der Waals surface area contributed by atoms with Crippen LogP contribution in [-0.4, -0.2) is 140 Å². The van der Waals surface area contributed by atoms with Gasteiger partial charge >= 0.3 is 48.0 Å². The second-order valence-electron chi connectivity index (χ2n) is 25.3. The van der Waals surface area contributed by atoms with E-state index in [2.05, 4.69) is 158 Å². The summed E-state index contributed by atoms with van der Waals surface area (Å²) in [4.78, 5) is 93.8. The number of hydrogen-bond donors (Lipinski definition) is 2. The van der Waals surface area contributed by atoms with Gasteiger partial charge in [-0.05, 0) is 164 Å². The molecule has 2 amide bonds. The third-order valence-corrected chi connectivity index (χ3v) is 18.2. The van der Waals surface area contributed by atoms with Crippen LogP contribution in [0.2, 0.25) is 0 Å². The van der Waals surface area contributed by atoms with Crippen LogP contribution in [0.5, 0.6) is 23.0 Å². The lowest BCUT2D eigenvalue weighted by Gasteiger charge is -2.30. The van der Waals surface area contributed by atoms with Gasteiger partial charge in [-0.1, -0.05) is 148 Å². The first-order valence-electron chi connectivity index (χ1n) is 35.3. The molecule has 22 heteroatoms. The summed E-state index contributed by atoms with van der Waals surface area (Å²) in [5.74, 6) is -0.490. The Kier molecular flexibility index (Phi) is 25.4. The van der Waals surface area contributed by atoms with Crippen molar-refractivity contribution in [1.29, 1.82) is 0 Å². The Morgan fingerprint density at radius 3 is 0.926 bits per heavy atom. The second kappa shape index (κ2) is 35.8. The Bertz CT molecular complexity index is 4470. The molecule has 2 spiro atoms. The summed E-state index contributed by atoms with van der Waals surface area (Å²) in [6, 6.07) is 58.1. The molecule has 0 fully saturated rings. The predicted molar refractivity (Wildman–Crippen MR) is 400 cm³/mol. The minimum Gasteiger partial charge on any atom is -0.490 e. The molecule has 4 aliphatic rings. The maximum absolute atomic E-state index is 12.2. The summed E-state index contributed by atoms with van der Waals surface area (Å²) < 4.78 is 65.1. The Balaban J connectivity index is 0.000000215. The maximum atomic E-state index is 12.2. The van der Waals surface area contributed by atoms with E-state index in [0.717, 1.165) is 56.7 Å². The van der Waals surface area contributed by atoms with E-state index in [9.17, 15) is 38.4 Å². The highest BCUT2D eigenvalue weighted by Crippen LogP contribution is 2.65. The number of fused-ring (bicyclic) bond motifs is 20. The van der Waals surface area contributed by atoms with E-state index in [1.165, 1.54) is 44.5 Å².